The molecule has 2 aromatic rings. The van der Waals surface area contributed by atoms with Crippen LogP contribution >= 0.6 is 11.3 Å². The number of allylic oxidation sites excluding steroid dienone is 2. The van der Waals surface area contributed by atoms with E-state index in [-0.39, 0.29) is 6.09 Å². The number of carbonyl (C=O) groups excluding carboxylic acids is 1. The van der Waals surface area contributed by atoms with Gasteiger partial charge in [0.15, 0.2) is 0 Å². The second kappa shape index (κ2) is 7.13. The average molecular weight is 397 g/mol. The Hall–Kier alpha value is -2.54. The summed E-state index contributed by atoms with van der Waals surface area (Å²) >= 11 is 1.58. The number of fused-ring (bicyclic) bond motifs is 1. The highest BCUT2D eigenvalue weighted by Gasteiger charge is 2.26. The van der Waals surface area contributed by atoms with Crippen molar-refractivity contribution >= 4 is 23.0 Å². The molecule has 0 fully saturated rings. The molecule has 0 spiro atoms. The number of hydrogen-bond acceptors (Lipinski definition) is 6. The van der Waals surface area contributed by atoms with Crippen molar-refractivity contribution in [2.75, 3.05) is 13.1 Å². The van der Waals surface area contributed by atoms with Crippen LogP contribution in [0, 0.1) is 6.92 Å². The van der Waals surface area contributed by atoms with Gasteiger partial charge in [0, 0.05) is 36.8 Å². The first-order valence-corrected chi connectivity index (χ1v) is 10.3. The molecule has 2 aromatic heterocycles. The predicted molar refractivity (Wildman–Crippen MR) is 110 cm³/mol. The van der Waals surface area contributed by atoms with Gasteiger partial charge in [0.1, 0.15) is 15.6 Å². The molecule has 1 aliphatic heterocycles. The third kappa shape index (κ3) is 3.85. The van der Waals surface area contributed by atoms with E-state index in [2.05, 4.69) is 33.4 Å². The van der Waals surface area contributed by atoms with Crippen LogP contribution < -0.4 is 0 Å². The number of hydrogen-bond donors (Lipinski definition) is 0. The van der Waals surface area contributed by atoms with Crippen molar-refractivity contribution in [3.05, 3.63) is 46.3 Å². The normalized spacial score (nSPS) is 16.5. The Morgan fingerprint density at radius 2 is 2.07 bits per heavy atom. The third-order valence-corrected chi connectivity index (χ3v) is 5.63. The van der Waals surface area contributed by atoms with E-state index >= 15 is 0 Å². The Bertz CT molecular complexity index is 985. The van der Waals surface area contributed by atoms with Gasteiger partial charge in [0.25, 0.3) is 0 Å². The molecule has 28 heavy (non-hydrogen) atoms. The zero-order valence-corrected chi connectivity index (χ0v) is 17.5. The first-order chi connectivity index (χ1) is 13.3. The van der Waals surface area contributed by atoms with E-state index in [0.717, 1.165) is 34.1 Å². The van der Waals surface area contributed by atoms with Gasteiger partial charge < -0.3 is 9.64 Å². The van der Waals surface area contributed by atoms with E-state index in [4.69, 9.17) is 4.74 Å². The number of rotatable bonds is 2. The maximum Gasteiger partial charge on any atom is 0.410 e. The van der Waals surface area contributed by atoms with Gasteiger partial charge in [-0.05, 0) is 51.3 Å². The molecule has 3 heterocycles. The number of amides is 1. The van der Waals surface area contributed by atoms with Crippen LogP contribution in [0.1, 0.15) is 43.5 Å². The minimum Gasteiger partial charge on any atom is -0.444 e. The van der Waals surface area contributed by atoms with E-state index in [1.807, 2.05) is 33.9 Å². The fourth-order valence-electron chi connectivity index (χ4n) is 3.44. The van der Waals surface area contributed by atoms with Gasteiger partial charge in [0.05, 0.1) is 5.69 Å². The van der Waals surface area contributed by atoms with Crippen LogP contribution in [0.4, 0.5) is 4.79 Å². The second-order valence-corrected chi connectivity index (χ2v) is 9.25. The minimum atomic E-state index is -0.473. The molecule has 1 amide bonds. The fourth-order valence-corrected chi connectivity index (χ4v) is 4.11. The Kier molecular flexibility index (Phi) is 4.79. The zero-order chi connectivity index (χ0) is 19.9. The maximum atomic E-state index is 12.3. The standard InChI is InChI=1S/C21H24N4O2S/c1-13-23-24-19(28-13)15-11-17-16(5-6-18(17)22-12-15)14-7-9-25(10-8-14)20(26)27-21(2,3)4/h5,7,11-12H,6,8-10H2,1-4H3. The van der Waals surface area contributed by atoms with Gasteiger partial charge in [-0.25, -0.2) is 4.79 Å². The molecular formula is C21H24N4O2S. The van der Waals surface area contributed by atoms with Gasteiger partial charge in [-0.1, -0.05) is 23.5 Å². The van der Waals surface area contributed by atoms with Crippen LogP contribution in [0.15, 0.2) is 30.0 Å². The van der Waals surface area contributed by atoms with Crippen LogP contribution in [0.5, 0.6) is 0 Å². The lowest BCUT2D eigenvalue weighted by atomic mass is 9.95. The fraction of sp³-hybridized carbons (Fsp3) is 0.429. The molecular weight excluding hydrogens is 372 g/mol. The van der Waals surface area contributed by atoms with Crippen molar-refractivity contribution in [2.45, 2.75) is 46.1 Å². The molecule has 0 saturated carbocycles. The number of pyridine rings is 1. The smallest absolute Gasteiger partial charge is 0.410 e. The van der Waals surface area contributed by atoms with E-state index in [9.17, 15) is 4.79 Å². The van der Waals surface area contributed by atoms with Gasteiger partial charge in [-0.3, -0.25) is 4.98 Å². The Morgan fingerprint density at radius 1 is 1.25 bits per heavy atom. The molecule has 0 atom stereocenters. The van der Waals surface area contributed by atoms with Crippen molar-refractivity contribution in [2.24, 2.45) is 0 Å². The monoisotopic (exact) mass is 396 g/mol. The quantitative estimate of drug-likeness (QED) is 0.752. The first-order valence-electron chi connectivity index (χ1n) is 9.47. The van der Waals surface area contributed by atoms with Crippen LogP contribution in [0.25, 0.3) is 16.1 Å². The summed E-state index contributed by atoms with van der Waals surface area (Å²) in [5.74, 6) is 0. The SMILES string of the molecule is Cc1nnc(-c2cnc3c(c2)C(C2=CCN(C(=O)OC(C)(C)C)CC2)=CC3)s1. The highest BCUT2D eigenvalue weighted by Crippen LogP contribution is 2.37. The second-order valence-electron chi connectivity index (χ2n) is 8.07. The lowest BCUT2D eigenvalue weighted by molar-refractivity contribution is 0.0267. The number of carbonyl (C=O) groups is 1. The van der Waals surface area contributed by atoms with Crippen molar-refractivity contribution in [3.8, 4) is 10.6 Å². The largest absolute Gasteiger partial charge is 0.444 e. The highest BCUT2D eigenvalue weighted by atomic mass is 32.1. The molecule has 146 valence electrons. The number of ether oxygens (including phenoxy) is 1. The topological polar surface area (TPSA) is 68.2 Å². The van der Waals surface area contributed by atoms with Crippen molar-refractivity contribution in [1.29, 1.82) is 0 Å². The van der Waals surface area contributed by atoms with Crippen LogP contribution in [-0.4, -0.2) is 44.9 Å². The van der Waals surface area contributed by atoms with Crippen LogP contribution in [0.3, 0.4) is 0 Å². The molecule has 0 aromatic carbocycles. The lowest BCUT2D eigenvalue weighted by Crippen LogP contribution is -2.39. The molecule has 7 heteroatoms. The van der Waals surface area contributed by atoms with Gasteiger partial charge in [-0.2, -0.15) is 0 Å². The lowest BCUT2D eigenvalue weighted by Gasteiger charge is -2.30. The molecule has 0 unspecified atom stereocenters. The summed E-state index contributed by atoms with van der Waals surface area (Å²) in [4.78, 5) is 18.7. The summed E-state index contributed by atoms with van der Waals surface area (Å²) in [6.45, 7) is 8.85. The molecule has 0 radical (unpaired) electrons. The number of aryl methyl sites for hydroxylation is 1. The number of nitrogens with zero attached hydrogens (tertiary/aromatic N) is 4. The summed E-state index contributed by atoms with van der Waals surface area (Å²) in [5.41, 5.74) is 5.29. The van der Waals surface area contributed by atoms with Crippen molar-refractivity contribution in [3.63, 3.8) is 0 Å². The first kappa shape index (κ1) is 18.8. The highest BCUT2D eigenvalue weighted by molar-refractivity contribution is 7.14. The van der Waals surface area contributed by atoms with E-state index < -0.39 is 5.60 Å². The zero-order valence-electron chi connectivity index (χ0n) is 16.7. The van der Waals surface area contributed by atoms with Crippen LogP contribution in [-0.2, 0) is 11.2 Å². The Balaban J connectivity index is 1.53. The summed E-state index contributed by atoms with van der Waals surface area (Å²) in [6, 6.07) is 2.17. The predicted octanol–water partition coefficient (Wildman–Crippen LogP) is 4.42. The Labute approximate surface area is 169 Å². The summed E-state index contributed by atoms with van der Waals surface area (Å²) in [5, 5.41) is 10.2. The third-order valence-electron chi connectivity index (χ3n) is 4.74. The average Bonchev–Trinajstić information content (AvgIpc) is 3.26. The molecule has 6 nitrogen and oxygen atoms in total. The number of aromatic nitrogens is 3. The van der Waals surface area contributed by atoms with Crippen LogP contribution in [0.2, 0.25) is 0 Å². The summed E-state index contributed by atoms with van der Waals surface area (Å²) < 4.78 is 5.48. The Morgan fingerprint density at radius 3 is 2.71 bits per heavy atom. The molecule has 4 rings (SSSR count). The van der Waals surface area contributed by atoms with Gasteiger partial charge >= 0.3 is 6.09 Å². The minimum absolute atomic E-state index is 0.251. The summed E-state index contributed by atoms with van der Waals surface area (Å²) in [6.07, 6.45) is 7.66. The molecule has 0 N–H and O–H groups in total. The van der Waals surface area contributed by atoms with Crippen molar-refractivity contribution < 1.29 is 9.53 Å². The van der Waals surface area contributed by atoms with E-state index in [1.165, 1.54) is 16.7 Å². The molecule has 1 aliphatic carbocycles. The molecule has 0 saturated heterocycles. The van der Waals surface area contributed by atoms with E-state index in [0.29, 0.717) is 13.1 Å². The molecule has 0 bridgehead atoms. The maximum absolute atomic E-state index is 12.3. The van der Waals surface area contributed by atoms with E-state index in [1.54, 1.807) is 16.2 Å². The summed E-state index contributed by atoms with van der Waals surface area (Å²) in [7, 11) is 0. The van der Waals surface area contributed by atoms with Crippen molar-refractivity contribution in [1.82, 2.24) is 20.1 Å². The van der Waals surface area contributed by atoms with Gasteiger partial charge in [-0.15, -0.1) is 10.2 Å². The molecule has 2 aliphatic rings. The van der Waals surface area contributed by atoms with Gasteiger partial charge in [0.2, 0.25) is 0 Å².